The molecule has 0 unspecified atom stereocenters. The zero-order chi connectivity index (χ0) is 18.5. The first-order chi connectivity index (χ1) is 11.7. The Balaban J connectivity index is 2.12. The second kappa shape index (κ2) is 7.82. The standard InChI is InChI=1S/C18H26N4O2S/c1-5-6-13-25(23,24)22-17-12-11-16(20-21-17)19-15-10-8-7-9-14(15)18(2,3)4/h7-12H,5-6,13H2,1-4H3,(H,19,20)(H,21,22). The van der Waals surface area contributed by atoms with Gasteiger partial charge in [-0.1, -0.05) is 52.3 Å². The third-order valence-corrected chi connectivity index (χ3v) is 5.04. The first-order valence-corrected chi connectivity index (χ1v) is 10.1. The molecule has 136 valence electrons. The molecule has 2 aromatic rings. The molecule has 0 aliphatic heterocycles. The van der Waals surface area contributed by atoms with Crippen molar-refractivity contribution in [2.45, 2.75) is 46.0 Å². The molecule has 0 aliphatic rings. The fourth-order valence-corrected chi connectivity index (χ4v) is 3.58. The topological polar surface area (TPSA) is 84.0 Å². The third-order valence-electron chi connectivity index (χ3n) is 3.69. The lowest BCUT2D eigenvalue weighted by molar-refractivity contribution is 0.592. The number of sulfonamides is 1. The Morgan fingerprint density at radius 3 is 2.24 bits per heavy atom. The van der Waals surface area contributed by atoms with Crippen molar-refractivity contribution < 1.29 is 8.42 Å². The number of nitrogens with one attached hydrogen (secondary N) is 2. The molecule has 1 aromatic carbocycles. The van der Waals surface area contributed by atoms with Crippen LogP contribution in [0.4, 0.5) is 17.3 Å². The van der Waals surface area contributed by atoms with E-state index in [2.05, 4.69) is 47.1 Å². The van der Waals surface area contributed by atoms with Crippen molar-refractivity contribution in [3.8, 4) is 0 Å². The molecular formula is C18H26N4O2S. The maximum absolute atomic E-state index is 11.9. The van der Waals surface area contributed by atoms with E-state index in [0.717, 1.165) is 12.1 Å². The molecule has 1 heterocycles. The highest BCUT2D eigenvalue weighted by atomic mass is 32.2. The maximum Gasteiger partial charge on any atom is 0.233 e. The molecule has 25 heavy (non-hydrogen) atoms. The Morgan fingerprint density at radius 1 is 1.00 bits per heavy atom. The summed E-state index contributed by atoms with van der Waals surface area (Å²) >= 11 is 0. The summed E-state index contributed by atoms with van der Waals surface area (Å²) in [5, 5.41) is 11.3. The van der Waals surface area contributed by atoms with Crippen LogP contribution in [0.5, 0.6) is 0 Å². The molecule has 2 N–H and O–H groups in total. The van der Waals surface area contributed by atoms with E-state index >= 15 is 0 Å². The number of rotatable bonds is 7. The van der Waals surface area contributed by atoms with Gasteiger partial charge in [0, 0.05) is 5.69 Å². The van der Waals surface area contributed by atoms with Gasteiger partial charge in [-0.15, -0.1) is 10.2 Å². The highest BCUT2D eigenvalue weighted by Gasteiger charge is 2.18. The van der Waals surface area contributed by atoms with E-state index in [9.17, 15) is 8.42 Å². The lowest BCUT2D eigenvalue weighted by atomic mass is 9.86. The summed E-state index contributed by atoms with van der Waals surface area (Å²) in [6, 6.07) is 11.4. The van der Waals surface area contributed by atoms with Crippen molar-refractivity contribution in [2.75, 3.05) is 15.8 Å². The lowest BCUT2D eigenvalue weighted by Crippen LogP contribution is -2.17. The van der Waals surface area contributed by atoms with Crippen LogP contribution in [-0.4, -0.2) is 24.4 Å². The van der Waals surface area contributed by atoms with Gasteiger partial charge in [0.1, 0.15) is 0 Å². The SMILES string of the molecule is CCCCS(=O)(=O)Nc1ccc(Nc2ccccc2C(C)(C)C)nn1. The van der Waals surface area contributed by atoms with E-state index in [1.165, 1.54) is 5.56 Å². The lowest BCUT2D eigenvalue weighted by Gasteiger charge is -2.23. The minimum Gasteiger partial charge on any atom is -0.338 e. The summed E-state index contributed by atoms with van der Waals surface area (Å²) in [4.78, 5) is 0. The summed E-state index contributed by atoms with van der Waals surface area (Å²) in [7, 11) is -3.37. The summed E-state index contributed by atoms with van der Waals surface area (Å²) < 4.78 is 26.2. The maximum atomic E-state index is 11.9. The van der Waals surface area contributed by atoms with Gasteiger partial charge in [-0.3, -0.25) is 4.72 Å². The summed E-state index contributed by atoms with van der Waals surface area (Å²) in [5.41, 5.74) is 2.12. The summed E-state index contributed by atoms with van der Waals surface area (Å²) in [6.07, 6.45) is 1.44. The summed E-state index contributed by atoms with van der Waals surface area (Å²) in [5.74, 6) is 0.878. The molecule has 0 radical (unpaired) electrons. The van der Waals surface area contributed by atoms with Crippen molar-refractivity contribution >= 4 is 27.3 Å². The fourth-order valence-electron chi connectivity index (χ4n) is 2.38. The first kappa shape index (κ1) is 19.2. The van der Waals surface area contributed by atoms with Gasteiger partial charge in [-0.05, 0) is 35.6 Å². The van der Waals surface area contributed by atoms with Crippen LogP contribution in [0, 0.1) is 0 Å². The molecule has 7 heteroatoms. The molecule has 0 fully saturated rings. The van der Waals surface area contributed by atoms with Crippen LogP contribution in [0.15, 0.2) is 36.4 Å². The third kappa shape index (κ3) is 5.70. The average Bonchev–Trinajstić information content (AvgIpc) is 2.54. The van der Waals surface area contributed by atoms with E-state index in [1.54, 1.807) is 12.1 Å². The van der Waals surface area contributed by atoms with Crippen LogP contribution in [0.2, 0.25) is 0 Å². The molecule has 0 saturated heterocycles. The quantitative estimate of drug-likeness (QED) is 0.776. The Hall–Kier alpha value is -2.15. The van der Waals surface area contributed by atoms with Gasteiger partial charge in [0.05, 0.1) is 5.75 Å². The fraction of sp³-hybridized carbons (Fsp3) is 0.444. The van der Waals surface area contributed by atoms with Crippen LogP contribution >= 0.6 is 0 Å². The van der Waals surface area contributed by atoms with Gasteiger partial charge in [0.25, 0.3) is 0 Å². The number of hydrogen-bond acceptors (Lipinski definition) is 5. The molecule has 2 rings (SSSR count). The number of para-hydroxylation sites is 1. The number of hydrogen-bond donors (Lipinski definition) is 2. The van der Waals surface area contributed by atoms with Gasteiger partial charge < -0.3 is 5.32 Å². The average molecular weight is 362 g/mol. The van der Waals surface area contributed by atoms with E-state index in [4.69, 9.17) is 0 Å². The van der Waals surface area contributed by atoms with Gasteiger partial charge in [-0.2, -0.15) is 0 Å². The highest BCUT2D eigenvalue weighted by molar-refractivity contribution is 7.92. The van der Waals surface area contributed by atoms with E-state index in [-0.39, 0.29) is 17.0 Å². The minimum atomic E-state index is -3.37. The van der Waals surface area contributed by atoms with Crippen LogP contribution < -0.4 is 10.0 Å². The largest absolute Gasteiger partial charge is 0.338 e. The molecular weight excluding hydrogens is 336 g/mol. The van der Waals surface area contributed by atoms with Crippen LogP contribution in [0.25, 0.3) is 0 Å². The number of benzene rings is 1. The number of anilines is 3. The van der Waals surface area contributed by atoms with Gasteiger partial charge in [0.15, 0.2) is 11.6 Å². The van der Waals surface area contributed by atoms with E-state index in [1.807, 2.05) is 25.1 Å². The van der Waals surface area contributed by atoms with Gasteiger partial charge >= 0.3 is 0 Å². The zero-order valence-electron chi connectivity index (χ0n) is 15.2. The Kier molecular flexibility index (Phi) is 6.00. The second-order valence-electron chi connectivity index (χ2n) is 7.00. The monoisotopic (exact) mass is 362 g/mol. The van der Waals surface area contributed by atoms with Crippen molar-refractivity contribution in [2.24, 2.45) is 0 Å². The Morgan fingerprint density at radius 2 is 1.64 bits per heavy atom. The number of nitrogens with zero attached hydrogens (tertiary/aromatic N) is 2. The van der Waals surface area contributed by atoms with Gasteiger partial charge in [-0.25, -0.2) is 8.42 Å². The Labute approximate surface area is 150 Å². The van der Waals surface area contributed by atoms with Crippen molar-refractivity contribution in [3.63, 3.8) is 0 Å². The molecule has 0 aliphatic carbocycles. The molecule has 0 amide bonds. The van der Waals surface area contributed by atoms with Gasteiger partial charge in [0.2, 0.25) is 10.0 Å². The Bertz CT molecular complexity index is 797. The smallest absolute Gasteiger partial charge is 0.233 e. The van der Waals surface area contributed by atoms with Crippen molar-refractivity contribution in [1.82, 2.24) is 10.2 Å². The zero-order valence-corrected chi connectivity index (χ0v) is 16.0. The van der Waals surface area contributed by atoms with Crippen molar-refractivity contribution in [3.05, 3.63) is 42.0 Å². The van der Waals surface area contributed by atoms with E-state index < -0.39 is 10.0 Å². The summed E-state index contributed by atoms with van der Waals surface area (Å²) in [6.45, 7) is 8.39. The molecule has 6 nitrogen and oxygen atoms in total. The number of aromatic nitrogens is 2. The first-order valence-electron chi connectivity index (χ1n) is 8.42. The molecule has 0 bridgehead atoms. The van der Waals surface area contributed by atoms with Crippen LogP contribution in [0.1, 0.15) is 46.1 Å². The van der Waals surface area contributed by atoms with E-state index in [0.29, 0.717) is 12.2 Å². The molecule has 0 saturated carbocycles. The normalized spacial score (nSPS) is 12.0. The molecule has 0 atom stereocenters. The van der Waals surface area contributed by atoms with Crippen molar-refractivity contribution in [1.29, 1.82) is 0 Å². The predicted octanol–water partition coefficient (Wildman–Crippen LogP) is 4.06. The molecule has 1 aromatic heterocycles. The highest BCUT2D eigenvalue weighted by Crippen LogP contribution is 2.30. The second-order valence-corrected chi connectivity index (χ2v) is 8.84. The van der Waals surface area contributed by atoms with Crippen LogP contribution in [-0.2, 0) is 15.4 Å². The molecule has 0 spiro atoms. The predicted molar refractivity (Wildman–Crippen MR) is 103 cm³/mol. The van der Waals surface area contributed by atoms with Crippen LogP contribution in [0.3, 0.4) is 0 Å². The number of unbranched alkanes of at least 4 members (excludes halogenated alkanes) is 1. The minimum absolute atomic E-state index is 0.00806.